The lowest BCUT2D eigenvalue weighted by Gasteiger charge is -2.34. The van der Waals surface area contributed by atoms with Gasteiger partial charge in [-0.2, -0.15) is 0 Å². The molecule has 0 radical (unpaired) electrons. The number of amides is 1. The summed E-state index contributed by atoms with van der Waals surface area (Å²) in [5, 5.41) is 0. The summed E-state index contributed by atoms with van der Waals surface area (Å²) < 4.78 is 45.1. The van der Waals surface area contributed by atoms with Gasteiger partial charge in [-0.15, -0.1) is 0 Å². The topological polar surface area (TPSA) is 79.5 Å². The van der Waals surface area contributed by atoms with Crippen LogP contribution in [0.25, 0.3) is 22.6 Å². The Morgan fingerprint density at radius 2 is 1.77 bits per heavy atom. The summed E-state index contributed by atoms with van der Waals surface area (Å²) in [5.41, 5.74) is 1.93. The van der Waals surface area contributed by atoms with E-state index in [1.54, 1.807) is 34.7 Å². The second kappa shape index (κ2) is 9.29. The summed E-state index contributed by atoms with van der Waals surface area (Å²) >= 11 is 0. The van der Waals surface area contributed by atoms with E-state index in [1.807, 2.05) is 25.7 Å². The zero-order chi connectivity index (χ0) is 28.3. The average Bonchev–Trinajstić information content (AvgIpc) is 3.44. The van der Waals surface area contributed by atoms with Gasteiger partial charge in [0.05, 0.1) is 36.2 Å². The molecule has 0 fully saturated rings. The number of rotatable bonds is 5. The lowest BCUT2D eigenvalue weighted by Crippen LogP contribution is -2.51. The maximum atomic E-state index is 15.5. The number of halogens is 3. The first kappa shape index (κ1) is 25.7. The smallest absolute Gasteiger partial charge is 0.283 e. The van der Waals surface area contributed by atoms with E-state index in [2.05, 4.69) is 9.97 Å². The number of anilines is 1. The number of nitrogens with zero attached hydrogens (tertiary/aromatic N) is 7. The number of imidazole rings is 1. The maximum absolute atomic E-state index is 15.5. The molecule has 40 heavy (non-hydrogen) atoms. The van der Waals surface area contributed by atoms with E-state index >= 15 is 4.39 Å². The highest BCUT2D eigenvalue weighted by Gasteiger charge is 2.45. The Morgan fingerprint density at radius 3 is 2.45 bits per heavy atom. The van der Waals surface area contributed by atoms with Gasteiger partial charge in [-0.3, -0.25) is 24.6 Å². The molecule has 2 aromatic heterocycles. The largest absolute Gasteiger partial charge is 0.305 e. The van der Waals surface area contributed by atoms with Gasteiger partial charge < -0.3 is 4.57 Å². The fourth-order valence-electron chi connectivity index (χ4n) is 5.15. The van der Waals surface area contributed by atoms with Crippen LogP contribution in [0, 0.1) is 24.4 Å². The van der Waals surface area contributed by atoms with Crippen molar-refractivity contribution in [1.29, 1.82) is 0 Å². The Kier molecular flexibility index (Phi) is 5.97. The minimum Gasteiger partial charge on any atom is -0.305 e. The van der Waals surface area contributed by atoms with Gasteiger partial charge >= 0.3 is 0 Å². The van der Waals surface area contributed by atoms with Crippen molar-refractivity contribution in [3.63, 3.8) is 0 Å². The Balaban J connectivity index is 1.53. The van der Waals surface area contributed by atoms with E-state index in [4.69, 9.17) is 9.98 Å². The molecule has 0 unspecified atom stereocenters. The minimum atomic E-state index is -0.986. The number of aryl methyl sites for hydroxylation is 1. The molecule has 2 aliphatic heterocycles. The molecule has 2 aromatic carbocycles. The van der Waals surface area contributed by atoms with Gasteiger partial charge in [-0.05, 0) is 57.5 Å². The number of guanidine groups is 1. The molecule has 8 nitrogen and oxygen atoms in total. The lowest BCUT2D eigenvalue weighted by molar-refractivity contribution is 0.0841. The third kappa shape index (κ3) is 4.21. The first-order valence-corrected chi connectivity index (χ1v) is 12.9. The molecule has 4 heterocycles. The second-order valence-corrected chi connectivity index (χ2v) is 10.5. The molecule has 0 N–H and O–H groups in total. The monoisotopic (exact) mass is 545 g/mol. The van der Waals surface area contributed by atoms with E-state index in [9.17, 15) is 13.6 Å². The van der Waals surface area contributed by atoms with Gasteiger partial charge in [0.15, 0.2) is 17.3 Å². The molecular formula is C29H26F3N7O. The molecule has 11 heteroatoms. The standard InChI is InChI=1S/C29H26F3N7O/c1-5-37-27(40)24-26(39-15-29(3,4)36-28(37)39)38(14-17-6-9-20(30)22(32)10-17)25(35-24)18-7-8-19(21(31)11-18)23-13-33-16(2)12-34-23/h6-13H,5,14-15H2,1-4H3. The molecular weight excluding hydrogens is 519 g/mol. The van der Waals surface area contributed by atoms with Crippen LogP contribution in [0.5, 0.6) is 0 Å². The summed E-state index contributed by atoms with van der Waals surface area (Å²) in [6, 6.07) is 8.25. The van der Waals surface area contributed by atoms with Crippen molar-refractivity contribution >= 4 is 17.7 Å². The van der Waals surface area contributed by atoms with Crippen LogP contribution in [0.2, 0.25) is 0 Å². The van der Waals surface area contributed by atoms with Crippen LogP contribution in [0.3, 0.4) is 0 Å². The van der Waals surface area contributed by atoms with Gasteiger partial charge in [0.25, 0.3) is 5.91 Å². The SMILES string of the molecule is CCN1C(=O)c2nc(-c3ccc(-c4cnc(C)cn4)c(F)c3)n(Cc3ccc(F)c(F)c3)c2N2CC(C)(C)N=C12. The molecule has 0 bridgehead atoms. The van der Waals surface area contributed by atoms with Gasteiger partial charge in [-0.1, -0.05) is 12.1 Å². The quantitative estimate of drug-likeness (QED) is 0.344. The van der Waals surface area contributed by atoms with Gasteiger partial charge in [0.1, 0.15) is 17.5 Å². The number of benzene rings is 2. The number of carbonyl (C=O) groups excluding carboxylic acids is 1. The number of aromatic nitrogens is 4. The average molecular weight is 546 g/mol. The Hall–Kier alpha value is -4.54. The minimum absolute atomic E-state index is 0.0608. The van der Waals surface area contributed by atoms with E-state index in [-0.39, 0.29) is 23.7 Å². The third-order valence-electron chi connectivity index (χ3n) is 7.00. The number of fused-ring (bicyclic) bond motifs is 3. The molecule has 0 saturated heterocycles. The van der Waals surface area contributed by atoms with Crippen molar-refractivity contribution in [1.82, 2.24) is 24.4 Å². The lowest BCUT2D eigenvalue weighted by atomic mass is 10.1. The molecule has 2 aliphatic rings. The second-order valence-electron chi connectivity index (χ2n) is 10.5. The fraction of sp³-hybridized carbons (Fsp3) is 0.276. The van der Waals surface area contributed by atoms with Crippen LogP contribution in [-0.4, -0.2) is 54.9 Å². The highest BCUT2D eigenvalue weighted by atomic mass is 19.2. The number of aliphatic imine (C=N–C) groups is 1. The number of carbonyl (C=O) groups is 1. The summed E-state index contributed by atoms with van der Waals surface area (Å²) in [7, 11) is 0. The van der Waals surface area contributed by atoms with Crippen molar-refractivity contribution < 1.29 is 18.0 Å². The Morgan fingerprint density at radius 1 is 0.975 bits per heavy atom. The highest BCUT2D eigenvalue weighted by molar-refractivity contribution is 6.18. The van der Waals surface area contributed by atoms with Crippen molar-refractivity contribution in [3.05, 3.63) is 83.2 Å². The third-order valence-corrected chi connectivity index (χ3v) is 7.00. The zero-order valence-corrected chi connectivity index (χ0v) is 22.4. The molecule has 4 aromatic rings. The van der Waals surface area contributed by atoms with Crippen LogP contribution < -0.4 is 4.90 Å². The molecule has 204 valence electrons. The molecule has 6 rings (SSSR count). The van der Waals surface area contributed by atoms with E-state index in [0.717, 1.165) is 12.1 Å². The molecule has 1 amide bonds. The van der Waals surface area contributed by atoms with E-state index < -0.39 is 23.0 Å². The number of hydrogen-bond donors (Lipinski definition) is 0. The van der Waals surface area contributed by atoms with E-state index in [0.29, 0.717) is 53.2 Å². The molecule has 0 atom stereocenters. The maximum Gasteiger partial charge on any atom is 0.283 e. The first-order valence-electron chi connectivity index (χ1n) is 12.9. The van der Waals surface area contributed by atoms with Crippen molar-refractivity contribution in [2.24, 2.45) is 4.99 Å². The molecule has 0 spiro atoms. The van der Waals surface area contributed by atoms with Gasteiger partial charge in [0, 0.05) is 23.9 Å². The van der Waals surface area contributed by atoms with Crippen molar-refractivity contribution in [2.75, 3.05) is 18.0 Å². The summed E-state index contributed by atoms with van der Waals surface area (Å²) in [5.74, 6) is -1.52. The van der Waals surface area contributed by atoms with Crippen LogP contribution in [0.1, 0.15) is 42.5 Å². The Bertz CT molecular complexity index is 1690. The van der Waals surface area contributed by atoms with E-state index in [1.165, 1.54) is 18.3 Å². The van der Waals surface area contributed by atoms with Crippen molar-refractivity contribution in [3.8, 4) is 22.6 Å². The van der Waals surface area contributed by atoms with Crippen LogP contribution in [0.15, 0.2) is 53.8 Å². The van der Waals surface area contributed by atoms with Crippen LogP contribution in [-0.2, 0) is 6.54 Å². The zero-order valence-electron chi connectivity index (χ0n) is 22.4. The fourth-order valence-corrected chi connectivity index (χ4v) is 5.15. The van der Waals surface area contributed by atoms with Gasteiger partial charge in [0.2, 0.25) is 5.96 Å². The highest BCUT2D eigenvalue weighted by Crippen LogP contribution is 2.39. The molecule has 0 aliphatic carbocycles. The van der Waals surface area contributed by atoms with Crippen LogP contribution in [0.4, 0.5) is 19.0 Å². The van der Waals surface area contributed by atoms with Crippen molar-refractivity contribution in [2.45, 2.75) is 39.8 Å². The normalized spacial score (nSPS) is 15.8. The van der Waals surface area contributed by atoms with Crippen LogP contribution >= 0.6 is 0 Å². The number of hydrogen-bond acceptors (Lipinski definition) is 6. The molecule has 0 saturated carbocycles. The summed E-state index contributed by atoms with van der Waals surface area (Å²) in [6.07, 6.45) is 3.07. The van der Waals surface area contributed by atoms with Gasteiger partial charge in [-0.25, -0.2) is 23.1 Å². The predicted octanol–water partition coefficient (Wildman–Crippen LogP) is 5.21. The predicted molar refractivity (Wildman–Crippen MR) is 144 cm³/mol. The summed E-state index contributed by atoms with van der Waals surface area (Å²) in [6.45, 7) is 8.51. The Labute approximate surface area is 228 Å². The summed E-state index contributed by atoms with van der Waals surface area (Å²) in [4.78, 5) is 35.1. The first-order chi connectivity index (χ1) is 19.1.